The molecular formula is C16H24N6. The van der Waals surface area contributed by atoms with E-state index in [9.17, 15) is 0 Å². The van der Waals surface area contributed by atoms with E-state index in [1.54, 1.807) is 0 Å². The van der Waals surface area contributed by atoms with Crippen molar-refractivity contribution in [3.63, 3.8) is 0 Å². The molecule has 0 aromatic carbocycles. The molecule has 6 nitrogen and oxygen atoms in total. The van der Waals surface area contributed by atoms with Crippen LogP contribution in [0.1, 0.15) is 37.1 Å². The minimum absolute atomic E-state index is 0.499. The van der Waals surface area contributed by atoms with E-state index in [4.69, 9.17) is 4.98 Å². The normalized spacial score (nSPS) is 18.5. The summed E-state index contributed by atoms with van der Waals surface area (Å²) in [5, 5.41) is 7.20. The molecule has 1 aliphatic heterocycles. The van der Waals surface area contributed by atoms with Gasteiger partial charge < -0.3 is 9.80 Å². The minimum atomic E-state index is 0.499. The number of nitrogens with zero attached hydrogens (tertiary/aromatic N) is 5. The Morgan fingerprint density at radius 1 is 1.36 bits per heavy atom. The Bertz CT molecular complexity index is 607. The lowest BCUT2D eigenvalue weighted by Gasteiger charge is -2.33. The van der Waals surface area contributed by atoms with Gasteiger partial charge in [-0.2, -0.15) is 10.1 Å². The SMILES string of the molecule is CCc1cc(N2CCC[C@@H](c3ccn[nH]3)C2)nc(N(C)C)n1. The Morgan fingerprint density at radius 3 is 2.91 bits per heavy atom. The third-order valence-corrected chi connectivity index (χ3v) is 4.22. The van der Waals surface area contributed by atoms with E-state index in [0.29, 0.717) is 5.92 Å². The number of piperidine rings is 1. The van der Waals surface area contributed by atoms with E-state index in [1.165, 1.54) is 18.5 Å². The predicted octanol–water partition coefficient (Wildman–Crippen LogP) is 2.21. The van der Waals surface area contributed by atoms with Crippen LogP contribution in [-0.2, 0) is 6.42 Å². The van der Waals surface area contributed by atoms with Crippen LogP contribution in [0, 0.1) is 0 Å². The summed E-state index contributed by atoms with van der Waals surface area (Å²) in [6.07, 6.45) is 5.13. The molecule has 1 saturated heterocycles. The molecule has 2 aromatic heterocycles. The molecule has 6 heteroatoms. The molecule has 1 atom stereocenters. The van der Waals surface area contributed by atoms with Gasteiger partial charge in [0.15, 0.2) is 0 Å². The molecule has 118 valence electrons. The highest BCUT2D eigenvalue weighted by Crippen LogP contribution is 2.28. The third-order valence-electron chi connectivity index (χ3n) is 4.22. The maximum Gasteiger partial charge on any atom is 0.227 e. The summed E-state index contributed by atoms with van der Waals surface area (Å²) in [7, 11) is 3.98. The zero-order valence-corrected chi connectivity index (χ0v) is 13.6. The van der Waals surface area contributed by atoms with E-state index in [2.05, 4.69) is 39.1 Å². The fraction of sp³-hybridized carbons (Fsp3) is 0.562. The van der Waals surface area contributed by atoms with Crippen molar-refractivity contribution in [1.29, 1.82) is 0 Å². The topological polar surface area (TPSA) is 60.9 Å². The van der Waals surface area contributed by atoms with Gasteiger partial charge in [0.05, 0.1) is 0 Å². The molecular weight excluding hydrogens is 276 g/mol. The lowest BCUT2D eigenvalue weighted by atomic mass is 9.95. The van der Waals surface area contributed by atoms with Crippen molar-refractivity contribution in [3.05, 3.63) is 29.7 Å². The van der Waals surface area contributed by atoms with Gasteiger partial charge in [-0.3, -0.25) is 5.10 Å². The van der Waals surface area contributed by atoms with Crippen molar-refractivity contribution in [3.8, 4) is 0 Å². The summed E-state index contributed by atoms with van der Waals surface area (Å²) in [5.74, 6) is 2.33. The molecule has 3 rings (SSSR count). The molecule has 0 bridgehead atoms. The van der Waals surface area contributed by atoms with Crippen molar-refractivity contribution in [2.75, 3.05) is 37.0 Å². The quantitative estimate of drug-likeness (QED) is 0.938. The van der Waals surface area contributed by atoms with E-state index in [1.807, 2.05) is 25.2 Å². The van der Waals surface area contributed by atoms with Crippen molar-refractivity contribution in [2.45, 2.75) is 32.1 Å². The summed E-state index contributed by atoms with van der Waals surface area (Å²) in [4.78, 5) is 13.7. The second-order valence-electron chi connectivity index (χ2n) is 6.06. The monoisotopic (exact) mass is 300 g/mol. The van der Waals surface area contributed by atoms with E-state index >= 15 is 0 Å². The fourth-order valence-electron chi connectivity index (χ4n) is 2.95. The molecule has 1 N–H and O–H groups in total. The predicted molar refractivity (Wildman–Crippen MR) is 88.5 cm³/mol. The smallest absolute Gasteiger partial charge is 0.227 e. The Balaban J connectivity index is 1.85. The summed E-state index contributed by atoms with van der Waals surface area (Å²) in [6, 6.07) is 4.21. The Morgan fingerprint density at radius 2 is 2.23 bits per heavy atom. The van der Waals surface area contributed by atoms with Crippen LogP contribution in [-0.4, -0.2) is 47.4 Å². The number of rotatable bonds is 4. The van der Waals surface area contributed by atoms with Crippen LogP contribution in [0.2, 0.25) is 0 Å². The average Bonchev–Trinajstić information content (AvgIpc) is 3.09. The van der Waals surface area contributed by atoms with Gasteiger partial charge >= 0.3 is 0 Å². The van der Waals surface area contributed by atoms with Crippen LogP contribution in [0.25, 0.3) is 0 Å². The van der Waals surface area contributed by atoms with Crippen LogP contribution in [0.3, 0.4) is 0 Å². The van der Waals surface area contributed by atoms with Crippen molar-refractivity contribution < 1.29 is 0 Å². The zero-order chi connectivity index (χ0) is 15.5. The molecule has 0 aliphatic carbocycles. The standard InChI is InChI=1S/C16H24N6/c1-4-13-10-15(19-16(18-13)21(2)3)22-9-5-6-12(11-22)14-7-8-17-20-14/h7-8,10,12H,4-6,9,11H2,1-3H3,(H,17,20)/t12-/m1/s1. The maximum absolute atomic E-state index is 4.74. The highest BCUT2D eigenvalue weighted by atomic mass is 15.3. The van der Waals surface area contributed by atoms with E-state index < -0.39 is 0 Å². The van der Waals surface area contributed by atoms with Crippen LogP contribution in [0.5, 0.6) is 0 Å². The number of aromatic amines is 1. The van der Waals surface area contributed by atoms with E-state index in [-0.39, 0.29) is 0 Å². The van der Waals surface area contributed by atoms with Crippen molar-refractivity contribution >= 4 is 11.8 Å². The van der Waals surface area contributed by atoms with Crippen molar-refractivity contribution in [2.24, 2.45) is 0 Å². The van der Waals surface area contributed by atoms with Gasteiger partial charge in [-0.15, -0.1) is 0 Å². The molecule has 0 saturated carbocycles. The molecule has 1 fully saturated rings. The Kier molecular flexibility index (Phi) is 4.27. The summed E-state index contributed by atoms with van der Waals surface area (Å²) in [5.41, 5.74) is 2.32. The summed E-state index contributed by atoms with van der Waals surface area (Å²) >= 11 is 0. The second-order valence-corrected chi connectivity index (χ2v) is 6.06. The van der Waals surface area contributed by atoms with Gasteiger partial charge in [-0.05, 0) is 25.3 Å². The third kappa shape index (κ3) is 3.05. The van der Waals surface area contributed by atoms with Gasteiger partial charge in [0.25, 0.3) is 0 Å². The zero-order valence-electron chi connectivity index (χ0n) is 13.6. The lowest BCUT2D eigenvalue weighted by Crippen LogP contribution is -2.35. The molecule has 22 heavy (non-hydrogen) atoms. The highest BCUT2D eigenvalue weighted by molar-refractivity contribution is 5.46. The number of H-pyrrole nitrogens is 1. The summed E-state index contributed by atoms with van der Waals surface area (Å²) < 4.78 is 0. The van der Waals surface area contributed by atoms with Gasteiger partial charge in [0, 0.05) is 56.8 Å². The molecule has 0 spiro atoms. The molecule has 0 amide bonds. The summed E-state index contributed by atoms with van der Waals surface area (Å²) in [6.45, 7) is 4.17. The van der Waals surface area contributed by atoms with Gasteiger partial charge in [0.1, 0.15) is 5.82 Å². The number of aryl methyl sites for hydroxylation is 1. The first kappa shape index (κ1) is 14.8. The van der Waals surface area contributed by atoms with Gasteiger partial charge in [-0.25, -0.2) is 4.98 Å². The molecule has 3 heterocycles. The highest BCUT2D eigenvalue weighted by Gasteiger charge is 2.24. The maximum atomic E-state index is 4.74. The Labute approximate surface area is 131 Å². The van der Waals surface area contributed by atoms with Gasteiger partial charge in [-0.1, -0.05) is 6.92 Å². The first-order valence-corrected chi connectivity index (χ1v) is 7.97. The van der Waals surface area contributed by atoms with Crippen LogP contribution < -0.4 is 9.80 Å². The van der Waals surface area contributed by atoms with Crippen molar-refractivity contribution in [1.82, 2.24) is 20.2 Å². The number of hydrogen-bond acceptors (Lipinski definition) is 5. The first-order chi connectivity index (χ1) is 10.7. The van der Waals surface area contributed by atoms with Crippen LogP contribution in [0.4, 0.5) is 11.8 Å². The average molecular weight is 300 g/mol. The number of aromatic nitrogens is 4. The van der Waals surface area contributed by atoms with Crippen LogP contribution in [0.15, 0.2) is 18.3 Å². The Hall–Kier alpha value is -2.11. The van der Waals surface area contributed by atoms with Crippen LogP contribution >= 0.6 is 0 Å². The molecule has 1 aliphatic rings. The number of nitrogens with one attached hydrogen (secondary N) is 1. The molecule has 0 unspecified atom stereocenters. The number of anilines is 2. The lowest BCUT2D eigenvalue weighted by molar-refractivity contribution is 0.497. The van der Waals surface area contributed by atoms with Gasteiger partial charge in [0.2, 0.25) is 5.95 Å². The first-order valence-electron chi connectivity index (χ1n) is 7.97. The number of hydrogen-bond donors (Lipinski definition) is 1. The second kappa shape index (κ2) is 6.34. The minimum Gasteiger partial charge on any atom is -0.356 e. The largest absolute Gasteiger partial charge is 0.356 e. The molecule has 0 radical (unpaired) electrons. The fourth-order valence-corrected chi connectivity index (χ4v) is 2.95. The molecule has 2 aromatic rings. The van der Waals surface area contributed by atoms with E-state index in [0.717, 1.165) is 37.0 Å².